The zero-order chi connectivity index (χ0) is 19.8. The number of hydrogen-bond donors (Lipinski definition) is 3. The van der Waals surface area contributed by atoms with Gasteiger partial charge in [-0.3, -0.25) is 4.99 Å². The van der Waals surface area contributed by atoms with E-state index in [1.165, 1.54) is 12.3 Å². The maximum absolute atomic E-state index is 12.9. The van der Waals surface area contributed by atoms with Crippen LogP contribution in [0, 0.1) is 5.41 Å². The molecular weight excluding hydrogens is 474 g/mol. The van der Waals surface area contributed by atoms with Gasteiger partial charge in [-0.25, -0.2) is 4.98 Å². The largest absolute Gasteiger partial charge is 0.419 e. The lowest BCUT2D eigenvalue weighted by Gasteiger charge is -2.30. The molecule has 1 rings (SSSR count). The Kier molecular flexibility index (Phi) is 11.0. The Morgan fingerprint density at radius 1 is 1.22 bits per heavy atom. The highest BCUT2D eigenvalue weighted by molar-refractivity contribution is 14.0. The molecule has 10 heteroatoms. The summed E-state index contributed by atoms with van der Waals surface area (Å²) < 4.78 is 44.2. The van der Waals surface area contributed by atoms with Crippen molar-refractivity contribution in [3.63, 3.8) is 0 Å². The molecular formula is C17H29F3IN5O. The van der Waals surface area contributed by atoms with Gasteiger partial charge in [-0.05, 0) is 17.5 Å². The molecule has 1 heterocycles. The Labute approximate surface area is 175 Å². The van der Waals surface area contributed by atoms with E-state index in [1.807, 2.05) is 0 Å². The van der Waals surface area contributed by atoms with Crippen LogP contribution >= 0.6 is 24.0 Å². The van der Waals surface area contributed by atoms with Crippen LogP contribution in [0.5, 0.6) is 0 Å². The summed E-state index contributed by atoms with van der Waals surface area (Å²) in [4.78, 5) is 7.85. The van der Waals surface area contributed by atoms with Gasteiger partial charge in [-0.15, -0.1) is 24.0 Å². The summed E-state index contributed by atoms with van der Waals surface area (Å²) in [5, 5.41) is 8.89. The number of hydrogen-bond acceptors (Lipinski definition) is 4. The number of methoxy groups -OCH3 is 1. The fourth-order valence-electron chi connectivity index (χ4n) is 2.29. The zero-order valence-electron chi connectivity index (χ0n) is 16.3. The van der Waals surface area contributed by atoms with E-state index >= 15 is 0 Å². The van der Waals surface area contributed by atoms with E-state index in [-0.39, 0.29) is 47.9 Å². The number of pyridine rings is 1. The number of alkyl halides is 3. The van der Waals surface area contributed by atoms with Gasteiger partial charge >= 0.3 is 6.18 Å². The first-order valence-corrected chi connectivity index (χ1v) is 8.33. The Hall–Kier alpha value is -1.30. The van der Waals surface area contributed by atoms with Crippen LogP contribution in [0.1, 0.15) is 26.3 Å². The minimum atomic E-state index is -4.44. The smallest absolute Gasteiger partial charge is 0.379 e. The molecule has 0 spiro atoms. The minimum absolute atomic E-state index is 0. The second-order valence-corrected chi connectivity index (χ2v) is 6.79. The molecule has 0 saturated heterocycles. The Bertz CT molecular complexity index is 591. The molecule has 0 aliphatic rings. The highest BCUT2D eigenvalue weighted by Gasteiger charge is 2.33. The summed E-state index contributed by atoms with van der Waals surface area (Å²) >= 11 is 0. The van der Waals surface area contributed by atoms with Crippen LogP contribution in [0.25, 0.3) is 0 Å². The Morgan fingerprint density at radius 2 is 1.89 bits per heavy atom. The van der Waals surface area contributed by atoms with Crippen LogP contribution in [0.3, 0.4) is 0 Å². The number of aromatic nitrogens is 1. The van der Waals surface area contributed by atoms with Crippen LogP contribution in [-0.4, -0.2) is 50.8 Å². The second-order valence-electron chi connectivity index (χ2n) is 6.79. The summed E-state index contributed by atoms with van der Waals surface area (Å²) in [7, 11) is 3.28. The number of guanidine groups is 1. The third-order valence-corrected chi connectivity index (χ3v) is 3.75. The number of halogens is 4. The van der Waals surface area contributed by atoms with Gasteiger partial charge in [0.25, 0.3) is 0 Å². The van der Waals surface area contributed by atoms with E-state index < -0.39 is 11.7 Å². The first-order chi connectivity index (χ1) is 12.1. The highest BCUT2D eigenvalue weighted by atomic mass is 127. The molecule has 0 amide bonds. The minimum Gasteiger partial charge on any atom is -0.379 e. The molecule has 6 nitrogen and oxygen atoms in total. The number of nitrogens with zero attached hydrogens (tertiary/aromatic N) is 2. The van der Waals surface area contributed by atoms with E-state index in [0.717, 1.165) is 6.07 Å². The van der Waals surface area contributed by atoms with E-state index in [4.69, 9.17) is 4.74 Å². The summed E-state index contributed by atoms with van der Waals surface area (Å²) in [5.74, 6) is 0.368. The SMILES string of the molecule is CN=C(NCCNc1ncccc1C(F)(F)F)NCC(OC)C(C)(C)C.I. The Morgan fingerprint density at radius 3 is 2.41 bits per heavy atom. The number of nitrogens with one attached hydrogen (secondary N) is 3. The molecule has 1 aromatic rings. The molecule has 1 unspecified atom stereocenters. The van der Waals surface area contributed by atoms with Crippen LogP contribution in [0.4, 0.5) is 19.0 Å². The van der Waals surface area contributed by atoms with Gasteiger partial charge in [0.05, 0.1) is 11.7 Å². The molecule has 0 fully saturated rings. The van der Waals surface area contributed by atoms with Crippen molar-refractivity contribution in [2.75, 3.05) is 39.1 Å². The molecule has 27 heavy (non-hydrogen) atoms. The third kappa shape index (κ3) is 8.96. The lowest BCUT2D eigenvalue weighted by molar-refractivity contribution is -0.137. The highest BCUT2D eigenvalue weighted by Crippen LogP contribution is 2.33. The average Bonchev–Trinajstić information content (AvgIpc) is 2.55. The average molecular weight is 503 g/mol. The van der Waals surface area contributed by atoms with Gasteiger partial charge in [0.1, 0.15) is 5.82 Å². The molecule has 0 bridgehead atoms. The Balaban J connectivity index is 0.00000676. The lowest BCUT2D eigenvalue weighted by atomic mass is 9.89. The van der Waals surface area contributed by atoms with Gasteiger partial charge in [0, 0.05) is 40.0 Å². The molecule has 0 aromatic carbocycles. The van der Waals surface area contributed by atoms with E-state index in [1.54, 1.807) is 14.2 Å². The predicted octanol–water partition coefficient (Wildman–Crippen LogP) is 3.36. The van der Waals surface area contributed by atoms with Crippen molar-refractivity contribution >= 4 is 35.8 Å². The van der Waals surface area contributed by atoms with Crippen molar-refractivity contribution in [1.29, 1.82) is 0 Å². The van der Waals surface area contributed by atoms with Crippen LogP contribution in [-0.2, 0) is 10.9 Å². The first-order valence-electron chi connectivity index (χ1n) is 8.33. The van der Waals surface area contributed by atoms with Gasteiger partial charge in [-0.1, -0.05) is 20.8 Å². The number of aliphatic imine (C=N–C) groups is 1. The molecule has 0 radical (unpaired) electrons. The maximum Gasteiger partial charge on any atom is 0.419 e. The molecule has 3 N–H and O–H groups in total. The van der Waals surface area contributed by atoms with Crippen molar-refractivity contribution in [2.45, 2.75) is 33.1 Å². The van der Waals surface area contributed by atoms with Crippen molar-refractivity contribution in [3.8, 4) is 0 Å². The third-order valence-electron chi connectivity index (χ3n) is 3.75. The normalized spacial score (nSPS) is 13.6. The fraction of sp³-hybridized carbons (Fsp3) is 0.647. The van der Waals surface area contributed by atoms with Gasteiger partial charge < -0.3 is 20.7 Å². The first kappa shape index (κ1) is 25.7. The van der Waals surface area contributed by atoms with Gasteiger partial charge in [-0.2, -0.15) is 13.2 Å². The lowest BCUT2D eigenvalue weighted by Crippen LogP contribution is -2.46. The van der Waals surface area contributed by atoms with E-state index in [9.17, 15) is 13.2 Å². The molecule has 0 aliphatic carbocycles. The number of anilines is 1. The van der Waals surface area contributed by atoms with Crippen LogP contribution in [0.2, 0.25) is 0 Å². The molecule has 0 aliphatic heterocycles. The standard InChI is InChI=1S/C17H28F3N5O.HI/c1-16(2,3)13(26-5)11-25-15(21-4)24-10-9-23-14-12(17(18,19)20)7-6-8-22-14;/h6-8,13H,9-11H2,1-5H3,(H,22,23)(H2,21,24,25);1H. The van der Waals surface area contributed by atoms with Crippen molar-refractivity contribution < 1.29 is 17.9 Å². The van der Waals surface area contributed by atoms with Crippen LogP contribution < -0.4 is 16.0 Å². The van der Waals surface area contributed by atoms with Gasteiger partial charge in [0.2, 0.25) is 0 Å². The molecule has 1 aromatic heterocycles. The van der Waals surface area contributed by atoms with Crippen molar-refractivity contribution in [1.82, 2.24) is 15.6 Å². The van der Waals surface area contributed by atoms with Crippen molar-refractivity contribution in [3.05, 3.63) is 23.9 Å². The summed E-state index contributed by atoms with van der Waals surface area (Å²) in [6.45, 7) is 7.43. The topological polar surface area (TPSA) is 70.6 Å². The predicted molar refractivity (Wildman–Crippen MR) is 113 cm³/mol. The summed E-state index contributed by atoms with van der Waals surface area (Å²) in [6.07, 6.45) is -3.13. The quantitative estimate of drug-likeness (QED) is 0.231. The van der Waals surface area contributed by atoms with Crippen LogP contribution in [0.15, 0.2) is 23.3 Å². The van der Waals surface area contributed by atoms with Gasteiger partial charge in [0.15, 0.2) is 5.96 Å². The van der Waals surface area contributed by atoms with E-state index in [2.05, 4.69) is 46.7 Å². The monoisotopic (exact) mass is 503 g/mol. The second kappa shape index (κ2) is 11.5. The van der Waals surface area contributed by atoms with E-state index in [0.29, 0.717) is 19.0 Å². The summed E-state index contributed by atoms with van der Waals surface area (Å²) in [6, 6.07) is 2.26. The number of ether oxygens (including phenoxy) is 1. The summed E-state index contributed by atoms with van der Waals surface area (Å²) in [5.41, 5.74) is -0.814. The maximum atomic E-state index is 12.9. The molecule has 156 valence electrons. The molecule has 0 saturated carbocycles. The zero-order valence-corrected chi connectivity index (χ0v) is 18.6. The van der Waals surface area contributed by atoms with Crippen molar-refractivity contribution in [2.24, 2.45) is 10.4 Å². The molecule has 1 atom stereocenters. The fourth-order valence-corrected chi connectivity index (χ4v) is 2.29. The number of rotatable bonds is 7.